The Hall–Kier alpha value is -1.62. The van der Waals surface area contributed by atoms with Crippen LogP contribution < -0.4 is 10.1 Å². The zero-order valence-electron chi connectivity index (χ0n) is 13.2. The van der Waals surface area contributed by atoms with E-state index in [1.54, 1.807) is 12.1 Å². The van der Waals surface area contributed by atoms with E-state index in [9.17, 15) is 9.18 Å². The van der Waals surface area contributed by atoms with Crippen molar-refractivity contribution in [2.24, 2.45) is 5.92 Å². The van der Waals surface area contributed by atoms with Crippen molar-refractivity contribution in [3.05, 3.63) is 29.6 Å². The van der Waals surface area contributed by atoms with Gasteiger partial charge in [0.25, 0.3) is 0 Å². The molecule has 1 aromatic carbocycles. The van der Waals surface area contributed by atoms with Gasteiger partial charge < -0.3 is 14.8 Å². The van der Waals surface area contributed by atoms with E-state index >= 15 is 0 Å². The normalized spacial score (nSPS) is 21.4. The Morgan fingerprint density at radius 3 is 2.91 bits per heavy atom. The van der Waals surface area contributed by atoms with Gasteiger partial charge >= 0.3 is 0 Å². The van der Waals surface area contributed by atoms with Crippen LogP contribution in [0.2, 0.25) is 0 Å². The van der Waals surface area contributed by atoms with Gasteiger partial charge in [0, 0.05) is 6.54 Å². The predicted molar refractivity (Wildman–Crippen MR) is 82.2 cm³/mol. The molecule has 5 heteroatoms. The van der Waals surface area contributed by atoms with Gasteiger partial charge in [-0.2, -0.15) is 0 Å². The maximum atomic E-state index is 13.5. The molecule has 1 amide bonds. The van der Waals surface area contributed by atoms with Crippen LogP contribution >= 0.6 is 0 Å². The van der Waals surface area contributed by atoms with Gasteiger partial charge in [0.15, 0.2) is 11.6 Å². The Kier molecular flexibility index (Phi) is 6.19. The summed E-state index contributed by atoms with van der Waals surface area (Å²) >= 11 is 0. The fourth-order valence-corrected chi connectivity index (χ4v) is 2.79. The van der Waals surface area contributed by atoms with E-state index in [1.165, 1.54) is 26.0 Å². The zero-order valence-corrected chi connectivity index (χ0v) is 13.2. The number of carbonyl (C=O) groups excluding carboxylic acids is 1. The van der Waals surface area contributed by atoms with E-state index in [4.69, 9.17) is 9.47 Å². The second-order valence-electron chi connectivity index (χ2n) is 5.95. The van der Waals surface area contributed by atoms with Gasteiger partial charge in [-0.15, -0.1) is 0 Å². The van der Waals surface area contributed by atoms with Crippen molar-refractivity contribution in [3.63, 3.8) is 0 Å². The molecular weight excluding hydrogens is 285 g/mol. The number of amides is 1. The minimum Gasteiger partial charge on any atom is -0.494 e. The van der Waals surface area contributed by atoms with Crippen LogP contribution in [-0.4, -0.2) is 25.7 Å². The first-order chi connectivity index (χ1) is 10.6. The molecule has 22 heavy (non-hydrogen) atoms. The standard InChI is InChI=1S/C17H24FNO3/c1-12-4-3-5-14(8-12)22-11-17(20)19-10-13-6-7-16(21-2)15(18)9-13/h6-7,9,12,14H,3-5,8,10-11H2,1-2H3,(H,19,20). The lowest BCUT2D eigenvalue weighted by Crippen LogP contribution is -2.31. The summed E-state index contributed by atoms with van der Waals surface area (Å²) < 4.78 is 24.1. The molecule has 1 aliphatic rings. The second-order valence-corrected chi connectivity index (χ2v) is 5.95. The van der Waals surface area contributed by atoms with Crippen molar-refractivity contribution in [2.75, 3.05) is 13.7 Å². The highest BCUT2D eigenvalue weighted by molar-refractivity contribution is 5.77. The molecule has 2 unspecified atom stereocenters. The fraction of sp³-hybridized carbons (Fsp3) is 0.588. The van der Waals surface area contributed by atoms with Gasteiger partial charge in [-0.1, -0.05) is 25.8 Å². The molecule has 1 saturated carbocycles. The minimum atomic E-state index is -0.429. The molecule has 0 radical (unpaired) electrons. The molecule has 4 nitrogen and oxygen atoms in total. The van der Waals surface area contributed by atoms with E-state index in [1.807, 2.05) is 0 Å². The highest BCUT2D eigenvalue weighted by Crippen LogP contribution is 2.25. The average molecular weight is 309 g/mol. The molecule has 1 aromatic rings. The lowest BCUT2D eigenvalue weighted by Gasteiger charge is -2.26. The third-order valence-electron chi connectivity index (χ3n) is 4.04. The fourth-order valence-electron chi connectivity index (χ4n) is 2.79. The summed E-state index contributed by atoms with van der Waals surface area (Å²) in [6, 6.07) is 4.64. The first kappa shape index (κ1) is 16.7. The monoisotopic (exact) mass is 309 g/mol. The largest absolute Gasteiger partial charge is 0.494 e. The van der Waals surface area contributed by atoms with Crippen molar-refractivity contribution in [1.29, 1.82) is 0 Å². The molecule has 2 rings (SSSR count). The van der Waals surface area contributed by atoms with Gasteiger partial charge in [-0.3, -0.25) is 4.79 Å². The van der Waals surface area contributed by atoms with Crippen LogP contribution in [0.1, 0.15) is 38.2 Å². The number of benzene rings is 1. The summed E-state index contributed by atoms with van der Waals surface area (Å²) in [5.74, 6) is 0.269. The van der Waals surface area contributed by atoms with Crippen LogP contribution in [-0.2, 0) is 16.1 Å². The summed E-state index contributed by atoms with van der Waals surface area (Å²) in [6.07, 6.45) is 4.65. The lowest BCUT2D eigenvalue weighted by atomic mass is 9.89. The molecule has 0 bridgehead atoms. The number of nitrogens with one attached hydrogen (secondary N) is 1. The van der Waals surface area contributed by atoms with E-state index < -0.39 is 5.82 Å². The van der Waals surface area contributed by atoms with Crippen LogP contribution in [0.25, 0.3) is 0 Å². The molecule has 122 valence electrons. The Balaban J connectivity index is 1.72. The third-order valence-corrected chi connectivity index (χ3v) is 4.04. The number of carbonyl (C=O) groups is 1. The van der Waals surface area contributed by atoms with Crippen LogP contribution in [0.3, 0.4) is 0 Å². The Bertz CT molecular complexity index is 507. The van der Waals surface area contributed by atoms with Gasteiger partial charge in [0.05, 0.1) is 13.2 Å². The van der Waals surface area contributed by atoms with E-state index in [0.717, 1.165) is 12.8 Å². The Morgan fingerprint density at radius 1 is 1.41 bits per heavy atom. The summed E-state index contributed by atoms with van der Waals surface area (Å²) in [4.78, 5) is 11.8. The third kappa shape index (κ3) is 4.98. The quantitative estimate of drug-likeness (QED) is 0.878. The minimum absolute atomic E-state index is 0.0655. The molecule has 0 aliphatic heterocycles. The van der Waals surface area contributed by atoms with Crippen molar-refractivity contribution >= 4 is 5.91 Å². The summed E-state index contributed by atoms with van der Waals surface area (Å²) in [5, 5.41) is 2.74. The van der Waals surface area contributed by atoms with Crippen LogP contribution in [0.4, 0.5) is 4.39 Å². The number of rotatable bonds is 6. The van der Waals surface area contributed by atoms with E-state index in [2.05, 4.69) is 12.2 Å². The smallest absolute Gasteiger partial charge is 0.246 e. The van der Waals surface area contributed by atoms with Gasteiger partial charge in [0.2, 0.25) is 5.91 Å². The molecule has 0 spiro atoms. The number of ether oxygens (including phenoxy) is 2. The van der Waals surface area contributed by atoms with Crippen LogP contribution in [0.15, 0.2) is 18.2 Å². The maximum absolute atomic E-state index is 13.5. The molecule has 0 saturated heterocycles. The number of methoxy groups -OCH3 is 1. The molecule has 2 atom stereocenters. The predicted octanol–water partition coefficient (Wildman–Crippen LogP) is 3.05. The zero-order chi connectivity index (χ0) is 15.9. The highest BCUT2D eigenvalue weighted by Gasteiger charge is 2.20. The average Bonchev–Trinajstić information content (AvgIpc) is 2.51. The summed E-state index contributed by atoms with van der Waals surface area (Å²) in [5.41, 5.74) is 0.693. The van der Waals surface area contributed by atoms with Crippen molar-refractivity contribution in [3.8, 4) is 5.75 Å². The lowest BCUT2D eigenvalue weighted by molar-refractivity contribution is -0.128. The topological polar surface area (TPSA) is 47.6 Å². The van der Waals surface area contributed by atoms with Crippen molar-refractivity contribution < 1.29 is 18.7 Å². The SMILES string of the molecule is COc1ccc(CNC(=O)COC2CCCC(C)C2)cc1F. The molecule has 1 N–H and O–H groups in total. The summed E-state index contributed by atoms with van der Waals surface area (Å²) in [7, 11) is 1.42. The van der Waals surface area contributed by atoms with Crippen molar-refractivity contribution in [1.82, 2.24) is 5.32 Å². The molecule has 1 aliphatic carbocycles. The summed E-state index contributed by atoms with van der Waals surface area (Å²) in [6.45, 7) is 2.56. The number of halogens is 1. The Labute approximate surface area is 131 Å². The van der Waals surface area contributed by atoms with Gasteiger partial charge in [0.1, 0.15) is 6.61 Å². The van der Waals surface area contributed by atoms with Gasteiger partial charge in [-0.05, 0) is 36.5 Å². The van der Waals surface area contributed by atoms with Crippen molar-refractivity contribution in [2.45, 2.75) is 45.3 Å². The molecule has 0 heterocycles. The number of hydrogen-bond acceptors (Lipinski definition) is 3. The Morgan fingerprint density at radius 2 is 2.23 bits per heavy atom. The van der Waals surface area contributed by atoms with Crippen LogP contribution in [0.5, 0.6) is 5.75 Å². The van der Waals surface area contributed by atoms with Gasteiger partial charge in [-0.25, -0.2) is 4.39 Å². The second kappa shape index (κ2) is 8.13. The maximum Gasteiger partial charge on any atom is 0.246 e. The molecule has 1 fully saturated rings. The highest BCUT2D eigenvalue weighted by atomic mass is 19.1. The van der Waals surface area contributed by atoms with E-state index in [-0.39, 0.29) is 30.9 Å². The first-order valence-electron chi connectivity index (χ1n) is 7.79. The van der Waals surface area contributed by atoms with E-state index in [0.29, 0.717) is 11.5 Å². The number of hydrogen-bond donors (Lipinski definition) is 1. The molecule has 0 aromatic heterocycles. The van der Waals surface area contributed by atoms with Crippen LogP contribution in [0, 0.1) is 11.7 Å². The molecular formula is C17H24FNO3. The first-order valence-corrected chi connectivity index (χ1v) is 7.79.